The molecule has 0 fully saturated rings. The minimum atomic E-state index is -1.25. The number of nitrogens with zero attached hydrogens (tertiary/aromatic N) is 1. The van der Waals surface area contributed by atoms with Crippen molar-refractivity contribution in [1.82, 2.24) is 15.5 Å². The van der Waals surface area contributed by atoms with Gasteiger partial charge < -0.3 is 15.3 Å². The number of aliphatic carboxylic acids is 1. The average Bonchev–Trinajstić information content (AvgIpc) is 2.23. The van der Waals surface area contributed by atoms with Crippen molar-refractivity contribution in [2.24, 2.45) is 0 Å². The minimum Gasteiger partial charge on any atom is -0.478 e. The van der Waals surface area contributed by atoms with Crippen LogP contribution in [0, 0.1) is 0 Å². The largest absolute Gasteiger partial charge is 0.478 e. The predicted molar refractivity (Wildman–Crippen MR) is 66.1 cm³/mol. The summed E-state index contributed by atoms with van der Waals surface area (Å²) in [5, 5.41) is 12.9. The highest BCUT2D eigenvalue weighted by molar-refractivity contribution is 6.02. The zero-order valence-electron chi connectivity index (χ0n) is 10.8. The molecule has 0 saturated carbocycles. The topological polar surface area (TPSA) is 98.7 Å². The van der Waals surface area contributed by atoms with E-state index < -0.39 is 17.9 Å². The molecule has 0 aromatic rings. The third-order valence-electron chi connectivity index (χ3n) is 2.00. The van der Waals surface area contributed by atoms with Gasteiger partial charge in [0.15, 0.2) is 0 Å². The molecule has 1 atom stereocenters. The van der Waals surface area contributed by atoms with Gasteiger partial charge in [0, 0.05) is 18.2 Å². The molecule has 0 aliphatic carbocycles. The van der Waals surface area contributed by atoms with Crippen LogP contribution >= 0.6 is 0 Å². The van der Waals surface area contributed by atoms with E-state index in [9.17, 15) is 14.4 Å². The molecule has 3 amide bonds. The summed E-state index contributed by atoms with van der Waals surface area (Å²) in [5.74, 6) is -2.01. The zero-order chi connectivity index (χ0) is 14.1. The lowest BCUT2D eigenvalue weighted by Gasteiger charge is -2.16. The molecule has 0 aromatic heterocycles. The Balaban J connectivity index is 3.96. The van der Waals surface area contributed by atoms with E-state index in [1.54, 1.807) is 0 Å². The standard InChI is InChI=1S/C11H19N3O4/c1-8(6-7-14(2)3)12-11(18)13-9(15)4-5-10(16)17/h4-5,8H,6-7H2,1-3H3,(H,16,17)(H2,12,13,15,18)/b5-4+. The molecule has 0 spiro atoms. The number of carboxylic acids is 1. The van der Waals surface area contributed by atoms with Gasteiger partial charge in [0.05, 0.1) is 0 Å². The van der Waals surface area contributed by atoms with Crippen molar-refractivity contribution in [2.45, 2.75) is 19.4 Å². The molecule has 0 saturated heterocycles. The van der Waals surface area contributed by atoms with Crippen LogP contribution in [0.4, 0.5) is 4.79 Å². The van der Waals surface area contributed by atoms with Gasteiger partial charge in [-0.25, -0.2) is 9.59 Å². The molecule has 7 nitrogen and oxygen atoms in total. The molecule has 0 aliphatic rings. The lowest BCUT2D eigenvalue weighted by atomic mass is 10.2. The van der Waals surface area contributed by atoms with Crippen LogP contribution in [-0.2, 0) is 9.59 Å². The van der Waals surface area contributed by atoms with Crippen LogP contribution in [0.1, 0.15) is 13.3 Å². The van der Waals surface area contributed by atoms with E-state index in [1.165, 1.54) is 0 Å². The van der Waals surface area contributed by atoms with Crippen LogP contribution in [0.25, 0.3) is 0 Å². The second-order valence-corrected chi connectivity index (χ2v) is 4.13. The fourth-order valence-corrected chi connectivity index (χ4v) is 1.08. The number of carbonyl (C=O) groups is 3. The summed E-state index contributed by atoms with van der Waals surface area (Å²) in [6.07, 6.45) is 2.20. The highest BCUT2D eigenvalue weighted by Crippen LogP contribution is 1.91. The number of rotatable bonds is 6. The van der Waals surface area contributed by atoms with Gasteiger partial charge >= 0.3 is 12.0 Å². The first-order valence-corrected chi connectivity index (χ1v) is 5.48. The zero-order valence-corrected chi connectivity index (χ0v) is 10.8. The monoisotopic (exact) mass is 257 g/mol. The summed E-state index contributed by atoms with van der Waals surface area (Å²) in [6.45, 7) is 2.63. The van der Waals surface area contributed by atoms with Crippen molar-refractivity contribution in [1.29, 1.82) is 0 Å². The summed E-state index contributed by atoms with van der Waals surface area (Å²) in [6, 6.07) is -0.718. The van der Waals surface area contributed by atoms with Gasteiger partial charge in [-0.2, -0.15) is 0 Å². The summed E-state index contributed by atoms with van der Waals surface area (Å²) in [4.78, 5) is 34.5. The average molecular weight is 257 g/mol. The first-order chi connectivity index (χ1) is 8.31. The molecule has 1 unspecified atom stereocenters. The van der Waals surface area contributed by atoms with Crippen LogP contribution in [-0.4, -0.2) is 54.6 Å². The maximum absolute atomic E-state index is 11.3. The fraction of sp³-hybridized carbons (Fsp3) is 0.545. The Morgan fingerprint density at radius 2 is 1.89 bits per heavy atom. The van der Waals surface area contributed by atoms with Crippen molar-refractivity contribution < 1.29 is 19.5 Å². The third kappa shape index (κ3) is 9.34. The Bertz CT molecular complexity index is 339. The first-order valence-electron chi connectivity index (χ1n) is 5.48. The van der Waals surface area contributed by atoms with Crippen LogP contribution in [0.15, 0.2) is 12.2 Å². The summed E-state index contributed by atoms with van der Waals surface area (Å²) < 4.78 is 0. The van der Waals surface area contributed by atoms with Crippen molar-refractivity contribution in [2.75, 3.05) is 20.6 Å². The highest BCUT2D eigenvalue weighted by Gasteiger charge is 2.09. The quantitative estimate of drug-likeness (QED) is 0.572. The summed E-state index contributed by atoms with van der Waals surface area (Å²) in [7, 11) is 3.85. The maximum Gasteiger partial charge on any atom is 0.328 e. The molecule has 0 rings (SSSR count). The van der Waals surface area contributed by atoms with E-state index in [4.69, 9.17) is 5.11 Å². The number of hydrogen-bond donors (Lipinski definition) is 3. The lowest BCUT2D eigenvalue weighted by Crippen LogP contribution is -2.43. The molecule has 18 heavy (non-hydrogen) atoms. The van der Waals surface area contributed by atoms with E-state index in [1.807, 2.05) is 31.2 Å². The SMILES string of the molecule is CC(CCN(C)C)NC(=O)NC(=O)/C=C/C(=O)O. The normalized spacial score (nSPS) is 12.4. The molecular formula is C11H19N3O4. The molecule has 0 aliphatic heterocycles. The minimum absolute atomic E-state index is 0.0800. The van der Waals surface area contributed by atoms with Crippen molar-refractivity contribution >= 4 is 17.9 Å². The Labute approximate surface area is 106 Å². The van der Waals surface area contributed by atoms with Gasteiger partial charge in [0.2, 0.25) is 0 Å². The van der Waals surface area contributed by atoms with Crippen molar-refractivity contribution in [3.63, 3.8) is 0 Å². The highest BCUT2D eigenvalue weighted by atomic mass is 16.4. The second kappa shape index (κ2) is 8.24. The van der Waals surface area contributed by atoms with Gasteiger partial charge in [-0.15, -0.1) is 0 Å². The molecular weight excluding hydrogens is 238 g/mol. The predicted octanol–water partition coefficient (Wildman–Crippen LogP) is -0.207. The number of carbonyl (C=O) groups excluding carboxylic acids is 2. The van der Waals surface area contributed by atoms with Gasteiger partial charge in [-0.05, 0) is 34.0 Å². The Kier molecular flexibility index (Phi) is 7.37. The molecule has 0 bridgehead atoms. The molecule has 0 heterocycles. The Morgan fingerprint density at radius 1 is 1.28 bits per heavy atom. The third-order valence-corrected chi connectivity index (χ3v) is 2.00. The van der Waals surface area contributed by atoms with Crippen LogP contribution in [0.3, 0.4) is 0 Å². The Morgan fingerprint density at radius 3 is 2.39 bits per heavy atom. The lowest BCUT2D eigenvalue weighted by molar-refractivity contribution is -0.131. The van der Waals surface area contributed by atoms with E-state index in [2.05, 4.69) is 5.32 Å². The second-order valence-electron chi connectivity index (χ2n) is 4.13. The van der Waals surface area contributed by atoms with Crippen LogP contribution in [0.5, 0.6) is 0 Å². The van der Waals surface area contributed by atoms with E-state index in [0.29, 0.717) is 6.08 Å². The van der Waals surface area contributed by atoms with Gasteiger partial charge in [0.1, 0.15) is 0 Å². The molecule has 3 N–H and O–H groups in total. The van der Waals surface area contributed by atoms with Gasteiger partial charge in [-0.1, -0.05) is 0 Å². The number of hydrogen-bond acceptors (Lipinski definition) is 4. The Hall–Kier alpha value is -1.89. The first kappa shape index (κ1) is 16.1. The maximum atomic E-state index is 11.3. The smallest absolute Gasteiger partial charge is 0.328 e. The number of amides is 3. The van der Waals surface area contributed by atoms with Gasteiger partial charge in [-0.3, -0.25) is 10.1 Å². The summed E-state index contributed by atoms with van der Waals surface area (Å²) >= 11 is 0. The molecule has 0 radical (unpaired) electrons. The van der Waals surface area contributed by atoms with Crippen molar-refractivity contribution in [3.05, 3.63) is 12.2 Å². The molecule has 7 heteroatoms. The van der Waals surface area contributed by atoms with E-state index in [-0.39, 0.29) is 6.04 Å². The van der Waals surface area contributed by atoms with Crippen LogP contribution in [0.2, 0.25) is 0 Å². The number of nitrogens with one attached hydrogen (secondary N) is 2. The fourth-order valence-electron chi connectivity index (χ4n) is 1.08. The molecule has 102 valence electrons. The van der Waals surface area contributed by atoms with Crippen LogP contribution < -0.4 is 10.6 Å². The van der Waals surface area contributed by atoms with Gasteiger partial charge in [0.25, 0.3) is 5.91 Å². The number of urea groups is 1. The van der Waals surface area contributed by atoms with E-state index >= 15 is 0 Å². The number of carboxylic acid groups (broad SMARTS) is 1. The van der Waals surface area contributed by atoms with Crippen molar-refractivity contribution in [3.8, 4) is 0 Å². The number of imide groups is 1. The van der Waals surface area contributed by atoms with E-state index in [0.717, 1.165) is 19.0 Å². The summed E-state index contributed by atoms with van der Waals surface area (Å²) in [5.41, 5.74) is 0. The molecule has 0 aromatic carbocycles.